The number of hydrogen-bond donors (Lipinski definition) is 1. The van der Waals surface area contributed by atoms with Crippen molar-refractivity contribution in [1.82, 2.24) is 4.90 Å². The van der Waals surface area contributed by atoms with E-state index < -0.39 is 17.8 Å². The molecule has 1 amide bonds. The number of hydrogen-bond acceptors (Lipinski definition) is 3. The minimum atomic E-state index is -1.41. The highest BCUT2D eigenvalue weighted by Crippen LogP contribution is 2.41. The number of carbonyl (C=O) groups is 1. The van der Waals surface area contributed by atoms with Gasteiger partial charge in [-0.2, -0.15) is 0 Å². The molecule has 1 atom stereocenters. The Kier molecular flexibility index (Phi) is 4.45. The van der Waals surface area contributed by atoms with Gasteiger partial charge in [-0.25, -0.2) is 4.39 Å². The minimum Gasteiger partial charge on any atom is -0.381 e. The normalized spacial score (nSPS) is 22.5. The number of piperidine rings is 1. The van der Waals surface area contributed by atoms with Crippen LogP contribution in [-0.2, 0) is 9.53 Å². The fraction of sp³-hybridized carbons (Fsp3) is 0.588. The Hall–Kier alpha value is -1.46. The highest BCUT2D eigenvalue weighted by Gasteiger charge is 2.38. The molecule has 1 aromatic carbocycles. The number of aliphatic hydroxyl groups is 1. The van der Waals surface area contributed by atoms with Crippen LogP contribution in [0.2, 0.25) is 0 Å². The maximum absolute atomic E-state index is 13.7. The number of likely N-dealkylation sites (tertiary alicyclic amines) is 1. The van der Waals surface area contributed by atoms with Crippen LogP contribution >= 0.6 is 0 Å². The Morgan fingerprint density at radius 1 is 1.18 bits per heavy atom. The number of carbonyl (C=O) groups excluding carboxylic acids is 1. The van der Waals surface area contributed by atoms with Crippen molar-refractivity contribution < 1.29 is 19.0 Å². The summed E-state index contributed by atoms with van der Waals surface area (Å²) >= 11 is 0. The SMILES string of the molecule is O=C(C(O)c1ccccc1F)N1CCC2(CCOCC2)CC1. The third-order valence-corrected chi connectivity index (χ3v) is 5.12. The van der Waals surface area contributed by atoms with Crippen molar-refractivity contribution in [1.29, 1.82) is 0 Å². The molecular weight excluding hydrogens is 285 g/mol. The molecule has 4 nitrogen and oxygen atoms in total. The van der Waals surface area contributed by atoms with E-state index in [1.165, 1.54) is 12.1 Å². The molecule has 22 heavy (non-hydrogen) atoms. The van der Waals surface area contributed by atoms with Gasteiger partial charge in [0.1, 0.15) is 5.82 Å². The molecule has 3 rings (SSSR count). The van der Waals surface area contributed by atoms with E-state index >= 15 is 0 Å². The third kappa shape index (κ3) is 3.01. The first-order chi connectivity index (χ1) is 10.6. The Morgan fingerprint density at radius 2 is 1.82 bits per heavy atom. The molecule has 0 aromatic heterocycles. The summed E-state index contributed by atoms with van der Waals surface area (Å²) in [7, 11) is 0. The van der Waals surface area contributed by atoms with Gasteiger partial charge in [-0.05, 0) is 37.2 Å². The van der Waals surface area contributed by atoms with Gasteiger partial charge < -0.3 is 14.7 Å². The summed E-state index contributed by atoms with van der Waals surface area (Å²) in [5.74, 6) is -0.937. The number of ether oxygens (including phenoxy) is 1. The lowest BCUT2D eigenvalue weighted by Crippen LogP contribution is -2.46. The molecule has 5 heteroatoms. The molecule has 1 aromatic rings. The van der Waals surface area contributed by atoms with Gasteiger partial charge in [-0.1, -0.05) is 18.2 Å². The molecule has 1 spiro atoms. The van der Waals surface area contributed by atoms with Gasteiger partial charge in [0, 0.05) is 31.9 Å². The number of amides is 1. The van der Waals surface area contributed by atoms with E-state index in [0.717, 1.165) is 38.9 Å². The first-order valence-corrected chi connectivity index (χ1v) is 7.90. The van der Waals surface area contributed by atoms with Gasteiger partial charge >= 0.3 is 0 Å². The molecule has 1 unspecified atom stereocenters. The zero-order chi connectivity index (χ0) is 15.6. The second-order valence-electron chi connectivity index (χ2n) is 6.36. The topological polar surface area (TPSA) is 49.8 Å². The smallest absolute Gasteiger partial charge is 0.256 e. The average Bonchev–Trinajstić information content (AvgIpc) is 2.55. The zero-order valence-electron chi connectivity index (χ0n) is 12.6. The summed E-state index contributed by atoms with van der Waals surface area (Å²) in [6.07, 6.45) is 2.55. The molecule has 2 heterocycles. The van der Waals surface area contributed by atoms with Crippen molar-refractivity contribution in [2.24, 2.45) is 5.41 Å². The molecular formula is C17H22FNO3. The van der Waals surface area contributed by atoms with Gasteiger partial charge in [0.05, 0.1) is 0 Å². The Bertz CT molecular complexity index is 532. The Labute approximate surface area is 129 Å². The quantitative estimate of drug-likeness (QED) is 0.912. The van der Waals surface area contributed by atoms with Crippen LogP contribution in [0.3, 0.4) is 0 Å². The second kappa shape index (κ2) is 6.34. The van der Waals surface area contributed by atoms with Crippen molar-refractivity contribution in [2.45, 2.75) is 31.8 Å². The van der Waals surface area contributed by atoms with Gasteiger partial charge in [-0.3, -0.25) is 4.79 Å². The van der Waals surface area contributed by atoms with Crippen LogP contribution in [-0.4, -0.2) is 42.2 Å². The van der Waals surface area contributed by atoms with Crippen LogP contribution in [0.4, 0.5) is 4.39 Å². The lowest BCUT2D eigenvalue weighted by Gasteiger charge is -2.44. The maximum Gasteiger partial charge on any atom is 0.256 e. The van der Waals surface area contributed by atoms with E-state index in [1.807, 2.05) is 0 Å². The predicted molar refractivity (Wildman–Crippen MR) is 79.7 cm³/mol. The predicted octanol–water partition coefficient (Wildman–Crippen LogP) is 2.28. The maximum atomic E-state index is 13.7. The van der Waals surface area contributed by atoms with E-state index in [4.69, 9.17) is 4.74 Å². The van der Waals surface area contributed by atoms with E-state index in [-0.39, 0.29) is 11.0 Å². The zero-order valence-corrected chi connectivity index (χ0v) is 12.6. The van der Waals surface area contributed by atoms with Gasteiger partial charge in [0.25, 0.3) is 5.91 Å². The van der Waals surface area contributed by atoms with Gasteiger partial charge in [-0.15, -0.1) is 0 Å². The lowest BCUT2D eigenvalue weighted by molar-refractivity contribution is -0.144. The summed E-state index contributed by atoms with van der Waals surface area (Å²) in [5.41, 5.74) is 0.344. The Balaban J connectivity index is 1.63. The number of benzene rings is 1. The number of halogens is 1. The molecule has 0 radical (unpaired) electrons. The van der Waals surface area contributed by atoms with Crippen molar-refractivity contribution in [2.75, 3.05) is 26.3 Å². The van der Waals surface area contributed by atoms with Crippen LogP contribution in [0.1, 0.15) is 37.4 Å². The molecule has 2 saturated heterocycles. The largest absolute Gasteiger partial charge is 0.381 e. The van der Waals surface area contributed by atoms with Gasteiger partial charge in [0.15, 0.2) is 6.10 Å². The van der Waals surface area contributed by atoms with Crippen LogP contribution in [0.5, 0.6) is 0 Å². The van der Waals surface area contributed by atoms with Crippen LogP contribution in [0.25, 0.3) is 0 Å². The molecule has 0 aliphatic carbocycles. The fourth-order valence-corrected chi connectivity index (χ4v) is 3.51. The van der Waals surface area contributed by atoms with Gasteiger partial charge in [0.2, 0.25) is 0 Å². The Morgan fingerprint density at radius 3 is 2.45 bits per heavy atom. The average molecular weight is 307 g/mol. The monoisotopic (exact) mass is 307 g/mol. The summed E-state index contributed by atoms with van der Waals surface area (Å²) < 4.78 is 19.1. The molecule has 1 N–H and O–H groups in total. The summed E-state index contributed by atoms with van der Waals surface area (Å²) in [6, 6.07) is 5.90. The molecule has 120 valence electrons. The van der Waals surface area contributed by atoms with E-state index in [9.17, 15) is 14.3 Å². The van der Waals surface area contributed by atoms with Crippen LogP contribution in [0.15, 0.2) is 24.3 Å². The molecule has 2 aliphatic heterocycles. The summed E-state index contributed by atoms with van der Waals surface area (Å²) in [5, 5.41) is 10.2. The summed E-state index contributed by atoms with van der Waals surface area (Å²) in [6.45, 7) is 2.85. The molecule has 2 fully saturated rings. The van der Waals surface area contributed by atoms with Crippen LogP contribution in [0, 0.1) is 11.2 Å². The highest BCUT2D eigenvalue weighted by atomic mass is 19.1. The second-order valence-corrected chi connectivity index (χ2v) is 6.36. The first kappa shape index (κ1) is 15.4. The van der Waals surface area contributed by atoms with Crippen molar-refractivity contribution in [3.05, 3.63) is 35.6 Å². The first-order valence-electron chi connectivity index (χ1n) is 7.90. The van der Waals surface area contributed by atoms with E-state index in [2.05, 4.69) is 0 Å². The van der Waals surface area contributed by atoms with Crippen LogP contribution < -0.4 is 0 Å². The van der Waals surface area contributed by atoms with Crippen molar-refractivity contribution in [3.8, 4) is 0 Å². The van der Waals surface area contributed by atoms with E-state index in [1.54, 1.807) is 17.0 Å². The van der Waals surface area contributed by atoms with E-state index in [0.29, 0.717) is 13.1 Å². The fourth-order valence-electron chi connectivity index (χ4n) is 3.51. The third-order valence-electron chi connectivity index (χ3n) is 5.12. The number of aliphatic hydroxyl groups excluding tert-OH is 1. The van der Waals surface area contributed by atoms with Crippen molar-refractivity contribution in [3.63, 3.8) is 0 Å². The number of nitrogens with zero attached hydrogens (tertiary/aromatic N) is 1. The summed E-state index contributed by atoms with van der Waals surface area (Å²) in [4.78, 5) is 14.1. The minimum absolute atomic E-state index is 0.0545. The highest BCUT2D eigenvalue weighted by molar-refractivity contribution is 5.82. The van der Waals surface area contributed by atoms with Crippen molar-refractivity contribution >= 4 is 5.91 Å². The molecule has 2 aliphatic rings. The standard InChI is InChI=1S/C17H22FNO3/c18-14-4-2-1-3-13(14)15(20)16(21)19-9-5-17(6-10-19)7-11-22-12-8-17/h1-4,15,20H,5-12H2. The lowest BCUT2D eigenvalue weighted by atomic mass is 9.72. The molecule has 0 bridgehead atoms. The molecule has 0 saturated carbocycles. The number of rotatable bonds is 2.